The average molecular weight is 419 g/mol. The first-order chi connectivity index (χ1) is 15.2. The van der Waals surface area contributed by atoms with E-state index in [2.05, 4.69) is 5.16 Å². The van der Waals surface area contributed by atoms with E-state index in [1.165, 1.54) is 0 Å². The van der Waals surface area contributed by atoms with Crippen LogP contribution in [-0.2, 0) is 16.1 Å². The highest BCUT2D eigenvalue weighted by atomic mass is 16.6. The van der Waals surface area contributed by atoms with E-state index in [1.54, 1.807) is 0 Å². The van der Waals surface area contributed by atoms with E-state index in [0.29, 0.717) is 30.2 Å². The van der Waals surface area contributed by atoms with Gasteiger partial charge in [0.1, 0.15) is 36.2 Å². The summed E-state index contributed by atoms with van der Waals surface area (Å²) < 4.78 is 11.9. The van der Waals surface area contributed by atoms with Crippen molar-refractivity contribution in [3.05, 3.63) is 90.0 Å². The normalized spacial score (nSPS) is 11.1. The zero-order chi connectivity index (χ0) is 21.9. The molecule has 0 atom stereocenters. The van der Waals surface area contributed by atoms with Crippen molar-refractivity contribution in [1.82, 2.24) is 0 Å². The van der Waals surface area contributed by atoms with Gasteiger partial charge in [-0.15, -0.1) is 0 Å². The summed E-state index contributed by atoms with van der Waals surface area (Å²) in [5, 5.41) is 13.2. The number of nitrogens with zero attached hydrogens (tertiary/aromatic N) is 1. The minimum Gasteiger partial charge on any atom is -0.487 e. The molecule has 1 N–H and O–H groups in total. The fourth-order valence-corrected chi connectivity index (χ4v) is 2.91. The smallest absolute Gasteiger partial charge is 0.303 e. The minimum absolute atomic E-state index is 0.0408. The quantitative estimate of drug-likeness (QED) is 0.336. The number of aryl methyl sites for hydroxylation is 1. The van der Waals surface area contributed by atoms with Gasteiger partial charge in [0.25, 0.3) is 0 Å². The lowest BCUT2D eigenvalue weighted by Crippen LogP contribution is -2.15. The average Bonchev–Trinajstić information content (AvgIpc) is 2.79. The summed E-state index contributed by atoms with van der Waals surface area (Å²) in [4.78, 5) is 16.2. The topological polar surface area (TPSA) is 77.4 Å². The molecule has 31 heavy (non-hydrogen) atoms. The van der Waals surface area contributed by atoms with Crippen LogP contribution in [0.5, 0.6) is 17.2 Å². The van der Waals surface area contributed by atoms with E-state index in [-0.39, 0.29) is 13.0 Å². The molecule has 3 rings (SSSR count). The highest BCUT2D eigenvalue weighted by Crippen LogP contribution is 2.23. The van der Waals surface area contributed by atoms with Crippen molar-refractivity contribution in [3.63, 3.8) is 0 Å². The molecule has 0 radical (unpaired) electrons. The van der Waals surface area contributed by atoms with Crippen LogP contribution in [0.3, 0.4) is 0 Å². The summed E-state index contributed by atoms with van der Waals surface area (Å²) in [5.74, 6) is 1.20. The van der Waals surface area contributed by atoms with E-state index in [4.69, 9.17) is 19.4 Å². The minimum atomic E-state index is -0.844. The van der Waals surface area contributed by atoms with Gasteiger partial charge >= 0.3 is 5.97 Å². The lowest BCUT2D eigenvalue weighted by atomic mass is 10.1. The molecular formula is C25H25NO5. The van der Waals surface area contributed by atoms with Gasteiger partial charge in [0.15, 0.2) is 0 Å². The predicted molar refractivity (Wildman–Crippen MR) is 119 cm³/mol. The Kier molecular flexibility index (Phi) is 8.05. The number of oxime groups is 1. The van der Waals surface area contributed by atoms with Crippen molar-refractivity contribution in [3.8, 4) is 17.2 Å². The molecule has 6 nitrogen and oxygen atoms in total. The summed E-state index contributed by atoms with van der Waals surface area (Å²) in [6, 6.07) is 24.5. The van der Waals surface area contributed by atoms with E-state index in [9.17, 15) is 4.79 Å². The summed E-state index contributed by atoms with van der Waals surface area (Å²) >= 11 is 0. The number of para-hydroxylation sites is 2. The molecule has 0 aromatic heterocycles. The fraction of sp³-hybridized carbons (Fsp3) is 0.200. The molecule has 6 heteroatoms. The highest BCUT2D eigenvalue weighted by Gasteiger charge is 2.11. The molecule has 0 heterocycles. The Labute approximate surface area is 181 Å². The van der Waals surface area contributed by atoms with Gasteiger partial charge in [0.05, 0.1) is 0 Å². The van der Waals surface area contributed by atoms with E-state index < -0.39 is 5.97 Å². The largest absolute Gasteiger partial charge is 0.487 e. The number of carbonyl (C=O) groups is 1. The summed E-state index contributed by atoms with van der Waals surface area (Å²) in [7, 11) is 0. The second-order valence-electron chi connectivity index (χ2n) is 6.69. The number of benzene rings is 3. The summed E-state index contributed by atoms with van der Waals surface area (Å²) in [6.45, 7) is 2.45. The number of ether oxygens (including phenoxy) is 2. The van der Waals surface area contributed by atoms with Gasteiger partial charge in [-0.25, -0.2) is 0 Å². The lowest BCUT2D eigenvalue weighted by molar-refractivity contribution is -0.136. The maximum absolute atomic E-state index is 10.9. The Hall–Kier alpha value is -3.80. The van der Waals surface area contributed by atoms with Crippen LogP contribution in [0.25, 0.3) is 0 Å². The molecular weight excluding hydrogens is 394 g/mol. The van der Waals surface area contributed by atoms with Crippen LogP contribution in [0.1, 0.15) is 24.5 Å². The molecule has 0 aliphatic rings. The van der Waals surface area contributed by atoms with E-state index >= 15 is 0 Å². The van der Waals surface area contributed by atoms with Gasteiger partial charge in [-0.3, -0.25) is 4.79 Å². The van der Waals surface area contributed by atoms with Crippen LogP contribution in [0.15, 0.2) is 84.0 Å². The number of rotatable bonds is 11. The van der Waals surface area contributed by atoms with Crippen molar-refractivity contribution in [1.29, 1.82) is 0 Å². The number of carboxylic acid groups (broad SMARTS) is 1. The molecule has 0 saturated heterocycles. The van der Waals surface area contributed by atoms with Crippen molar-refractivity contribution in [2.45, 2.75) is 19.8 Å². The zero-order valence-corrected chi connectivity index (χ0v) is 17.4. The standard InChI is InChI=1S/C25H25NO5/c1-2-30-26-23(18-29-24-14-7-6-9-19(24)15-16-25(27)28)20-10-8-13-22(17-20)31-21-11-4-3-5-12-21/h3-14,17H,2,15-16,18H2,1H3,(H,27,28)/b26-23+. The fourth-order valence-electron chi connectivity index (χ4n) is 2.91. The third-order valence-corrected chi connectivity index (χ3v) is 4.40. The molecule has 0 spiro atoms. The van der Waals surface area contributed by atoms with Gasteiger partial charge in [-0.2, -0.15) is 0 Å². The number of carboxylic acids is 1. The summed E-state index contributed by atoms with van der Waals surface area (Å²) in [6.07, 6.45) is 0.434. The van der Waals surface area contributed by atoms with Gasteiger partial charge in [0.2, 0.25) is 0 Å². The molecule has 0 bridgehead atoms. The Balaban J connectivity index is 1.76. The van der Waals surface area contributed by atoms with Crippen molar-refractivity contribution in [2.75, 3.05) is 13.2 Å². The first-order valence-corrected chi connectivity index (χ1v) is 10.1. The second kappa shape index (κ2) is 11.4. The number of aliphatic carboxylic acids is 1. The highest BCUT2D eigenvalue weighted by molar-refractivity contribution is 6.01. The van der Waals surface area contributed by atoms with E-state index in [0.717, 1.165) is 16.9 Å². The van der Waals surface area contributed by atoms with Gasteiger partial charge in [0, 0.05) is 12.0 Å². The molecule has 0 aliphatic heterocycles. The van der Waals surface area contributed by atoms with Gasteiger partial charge < -0.3 is 19.4 Å². The van der Waals surface area contributed by atoms with Crippen LogP contribution >= 0.6 is 0 Å². The monoisotopic (exact) mass is 419 g/mol. The Bertz CT molecular complexity index is 1020. The van der Waals surface area contributed by atoms with Crippen LogP contribution in [-0.4, -0.2) is 30.0 Å². The van der Waals surface area contributed by atoms with Crippen molar-refractivity contribution >= 4 is 11.7 Å². The van der Waals surface area contributed by atoms with Crippen LogP contribution in [0.4, 0.5) is 0 Å². The molecule has 0 unspecified atom stereocenters. The molecule has 3 aromatic carbocycles. The zero-order valence-electron chi connectivity index (χ0n) is 17.4. The molecule has 0 amide bonds. The number of hydrogen-bond acceptors (Lipinski definition) is 5. The first-order valence-electron chi connectivity index (χ1n) is 10.1. The summed E-state index contributed by atoms with van der Waals surface area (Å²) in [5.41, 5.74) is 2.25. The predicted octanol–water partition coefficient (Wildman–Crippen LogP) is 5.32. The molecule has 0 saturated carbocycles. The third-order valence-electron chi connectivity index (χ3n) is 4.40. The Morgan fingerprint density at radius 3 is 2.45 bits per heavy atom. The maximum Gasteiger partial charge on any atom is 0.303 e. The van der Waals surface area contributed by atoms with Crippen molar-refractivity contribution in [2.24, 2.45) is 5.16 Å². The third kappa shape index (κ3) is 6.89. The Morgan fingerprint density at radius 1 is 0.935 bits per heavy atom. The second-order valence-corrected chi connectivity index (χ2v) is 6.69. The molecule has 0 fully saturated rings. The van der Waals surface area contributed by atoms with E-state index in [1.807, 2.05) is 85.8 Å². The molecule has 0 aliphatic carbocycles. The Morgan fingerprint density at radius 2 is 1.68 bits per heavy atom. The van der Waals surface area contributed by atoms with Crippen LogP contribution in [0, 0.1) is 0 Å². The molecule has 160 valence electrons. The van der Waals surface area contributed by atoms with Crippen LogP contribution in [0.2, 0.25) is 0 Å². The van der Waals surface area contributed by atoms with Gasteiger partial charge in [-0.05, 0) is 49.2 Å². The lowest BCUT2D eigenvalue weighted by Gasteiger charge is -2.13. The van der Waals surface area contributed by atoms with Gasteiger partial charge in [-0.1, -0.05) is 53.7 Å². The van der Waals surface area contributed by atoms with Crippen molar-refractivity contribution < 1.29 is 24.2 Å². The maximum atomic E-state index is 10.9. The first kappa shape index (κ1) is 21.9. The number of hydrogen-bond donors (Lipinski definition) is 1. The van der Waals surface area contributed by atoms with Crippen LogP contribution < -0.4 is 9.47 Å². The SMILES string of the molecule is CCO/N=C(\COc1ccccc1CCC(=O)O)c1cccc(Oc2ccccc2)c1. The molecule has 3 aromatic rings.